The van der Waals surface area contributed by atoms with Crippen LogP contribution in [0.2, 0.25) is 0 Å². The maximum atomic E-state index is 11.8. The van der Waals surface area contributed by atoms with E-state index < -0.39 is 11.6 Å². The summed E-state index contributed by atoms with van der Waals surface area (Å²) in [5, 5.41) is 6.01. The minimum atomic E-state index is -0.873. The SMILES string of the molecule is CC1(Cc2c[nH]c3ccccc23)NC(=O)NC1=O. The van der Waals surface area contributed by atoms with Gasteiger partial charge in [-0.2, -0.15) is 0 Å². The fourth-order valence-corrected chi connectivity index (χ4v) is 2.36. The zero-order valence-electron chi connectivity index (χ0n) is 9.91. The van der Waals surface area contributed by atoms with Crippen LogP contribution in [0.25, 0.3) is 10.9 Å². The minimum absolute atomic E-state index is 0.280. The summed E-state index contributed by atoms with van der Waals surface area (Å²) in [5.74, 6) is -0.280. The maximum Gasteiger partial charge on any atom is 0.322 e. The molecule has 1 saturated heterocycles. The maximum absolute atomic E-state index is 11.8. The molecule has 1 atom stereocenters. The zero-order chi connectivity index (χ0) is 12.8. The van der Waals surface area contributed by atoms with E-state index in [9.17, 15) is 9.59 Å². The van der Waals surface area contributed by atoms with E-state index in [-0.39, 0.29) is 5.91 Å². The summed E-state index contributed by atoms with van der Waals surface area (Å²) in [7, 11) is 0. The summed E-state index contributed by atoms with van der Waals surface area (Å²) < 4.78 is 0. The Balaban J connectivity index is 1.97. The van der Waals surface area contributed by atoms with Crippen molar-refractivity contribution in [2.24, 2.45) is 0 Å². The molecule has 5 nitrogen and oxygen atoms in total. The van der Waals surface area contributed by atoms with Gasteiger partial charge in [0.2, 0.25) is 0 Å². The van der Waals surface area contributed by atoms with Crippen LogP contribution in [0.5, 0.6) is 0 Å². The Bertz CT molecular complexity index is 646. The van der Waals surface area contributed by atoms with Gasteiger partial charge in [0.1, 0.15) is 5.54 Å². The number of carbonyl (C=O) groups excluding carboxylic acids is 2. The van der Waals surface area contributed by atoms with E-state index in [0.717, 1.165) is 16.5 Å². The van der Waals surface area contributed by atoms with E-state index in [1.807, 2.05) is 30.5 Å². The molecule has 2 aromatic rings. The second kappa shape index (κ2) is 3.60. The molecule has 0 radical (unpaired) electrons. The van der Waals surface area contributed by atoms with E-state index in [4.69, 9.17) is 0 Å². The lowest BCUT2D eigenvalue weighted by molar-refractivity contribution is -0.123. The number of benzene rings is 1. The molecule has 3 N–H and O–H groups in total. The number of aromatic nitrogens is 1. The van der Waals surface area contributed by atoms with Gasteiger partial charge in [-0.25, -0.2) is 4.79 Å². The fourth-order valence-electron chi connectivity index (χ4n) is 2.36. The van der Waals surface area contributed by atoms with Crippen LogP contribution in [-0.4, -0.2) is 22.5 Å². The summed E-state index contributed by atoms with van der Waals surface area (Å²) in [5.41, 5.74) is 1.17. The first-order valence-corrected chi connectivity index (χ1v) is 5.77. The molecule has 1 fully saturated rings. The average Bonchev–Trinajstić information content (AvgIpc) is 2.82. The molecule has 2 heterocycles. The first-order chi connectivity index (χ1) is 8.58. The van der Waals surface area contributed by atoms with Crippen LogP contribution in [-0.2, 0) is 11.2 Å². The summed E-state index contributed by atoms with van der Waals surface area (Å²) in [6.07, 6.45) is 2.35. The van der Waals surface area contributed by atoms with Crippen molar-refractivity contribution < 1.29 is 9.59 Å². The van der Waals surface area contributed by atoms with E-state index in [0.29, 0.717) is 6.42 Å². The molecule has 1 aromatic carbocycles. The third-order valence-corrected chi connectivity index (χ3v) is 3.34. The van der Waals surface area contributed by atoms with Gasteiger partial charge >= 0.3 is 6.03 Å². The van der Waals surface area contributed by atoms with Crippen LogP contribution < -0.4 is 10.6 Å². The van der Waals surface area contributed by atoms with Crippen LogP contribution >= 0.6 is 0 Å². The van der Waals surface area contributed by atoms with Crippen LogP contribution in [0.15, 0.2) is 30.5 Å². The van der Waals surface area contributed by atoms with E-state index >= 15 is 0 Å². The number of para-hydroxylation sites is 1. The molecule has 0 saturated carbocycles. The van der Waals surface area contributed by atoms with Crippen molar-refractivity contribution in [3.05, 3.63) is 36.0 Å². The van der Waals surface area contributed by atoms with Crippen molar-refractivity contribution in [3.63, 3.8) is 0 Å². The van der Waals surface area contributed by atoms with Gasteiger partial charge in [0.25, 0.3) is 5.91 Å². The minimum Gasteiger partial charge on any atom is -0.361 e. The smallest absolute Gasteiger partial charge is 0.322 e. The number of hydrogen-bond acceptors (Lipinski definition) is 2. The van der Waals surface area contributed by atoms with Gasteiger partial charge in [0, 0.05) is 23.5 Å². The monoisotopic (exact) mass is 243 g/mol. The molecule has 92 valence electrons. The van der Waals surface area contributed by atoms with Crippen molar-refractivity contribution in [2.45, 2.75) is 18.9 Å². The standard InChI is InChI=1S/C13H13N3O2/c1-13(11(17)15-12(18)16-13)6-8-7-14-10-5-3-2-4-9(8)10/h2-5,7,14H,6H2,1H3,(H2,15,16,17,18). The number of urea groups is 1. The number of rotatable bonds is 2. The second-order valence-corrected chi connectivity index (χ2v) is 4.78. The highest BCUT2D eigenvalue weighted by Crippen LogP contribution is 2.23. The number of nitrogens with one attached hydrogen (secondary N) is 3. The molecule has 3 amide bonds. The number of amides is 3. The average molecular weight is 243 g/mol. The number of imide groups is 1. The molecule has 18 heavy (non-hydrogen) atoms. The Morgan fingerprint density at radius 2 is 2.00 bits per heavy atom. The predicted octanol–water partition coefficient (Wildman–Crippen LogP) is 1.31. The molecule has 5 heteroatoms. The van der Waals surface area contributed by atoms with Crippen LogP contribution in [0.1, 0.15) is 12.5 Å². The van der Waals surface area contributed by atoms with Crippen LogP contribution in [0.4, 0.5) is 4.79 Å². The molecule has 0 bridgehead atoms. The third kappa shape index (κ3) is 1.55. The zero-order valence-corrected chi connectivity index (χ0v) is 9.91. The van der Waals surface area contributed by atoms with E-state index in [1.54, 1.807) is 6.92 Å². The predicted molar refractivity (Wildman–Crippen MR) is 67.1 cm³/mol. The van der Waals surface area contributed by atoms with Crippen molar-refractivity contribution in [3.8, 4) is 0 Å². The topological polar surface area (TPSA) is 74.0 Å². The van der Waals surface area contributed by atoms with Gasteiger partial charge in [0.05, 0.1) is 0 Å². The Labute approximate surface area is 104 Å². The first-order valence-electron chi connectivity index (χ1n) is 5.77. The van der Waals surface area contributed by atoms with E-state index in [1.165, 1.54) is 0 Å². The molecular weight excluding hydrogens is 230 g/mol. The van der Waals surface area contributed by atoms with Crippen molar-refractivity contribution in [1.29, 1.82) is 0 Å². The van der Waals surface area contributed by atoms with E-state index in [2.05, 4.69) is 15.6 Å². The molecule has 1 aliphatic heterocycles. The largest absolute Gasteiger partial charge is 0.361 e. The molecule has 0 spiro atoms. The number of H-pyrrole nitrogens is 1. The normalized spacial score (nSPS) is 23.2. The molecule has 3 rings (SSSR count). The van der Waals surface area contributed by atoms with Gasteiger partial charge in [-0.3, -0.25) is 10.1 Å². The highest BCUT2D eigenvalue weighted by molar-refractivity contribution is 6.07. The fraction of sp³-hybridized carbons (Fsp3) is 0.231. The summed E-state index contributed by atoms with van der Waals surface area (Å²) in [6, 6.07) is 7.46. The third-order valence-electron chi connectivity index (χ3n) is 3.34. The van der Waals surface area contributed by atoms with Crippen LogP contribution in [0, 0.1) is 0 Å². The summed E-state index contributed by atoms with van der Waals surface area (Å²) in [6.45, 7) is 1.73. The Kier molecular flexibility index (Phi) is 2.16. The van der Waals surface area contributed by atoms with Crippen molar-refractivity contribution in [2.75, 3.05) is 0 Å². The molecular formula is C13H13N3O2. The molecule has 1 aliphatic rings. The van der Waals surface area contributed by atoms with Gasteiger partial charge in [-0.15, -0.1) is 0 Å². The highest BCUT2D eigenvalue weighted by atomic mass is 16.2. The van der Waals surface area contributed by atoms with Gasteiger partial charge < -0.3 is 10.3 Å². The molecule has 0 aliphatic carbocycles. The van der Waals surface area contributed by atoms with Crippen LogP contribution in [0.3, 0.4) is 0 Å². The number of carbonyl (C=O) groups is 2. The molecule has 1 aromatic heterocycles. The quantitative estimate of drug-likeness (QED) is 0.696. The summed E-state index contributed by atoms with van der Waals surface area (Å²) in [4.78, 5) is 26.1. The Morgan fingerprint density at radius 3 is 2.72 bits per heavy atom. The lowest BCUT2D eigenvalue weighted by Crippen LogP contribution is -2.45. The van der Waals surface area contributed by atoms with Gasteiger partial charge in [0.15, 0.2) is 0 Å². The number of hydrogen-bond donors (Lipinski definition) is 3. The van der Waals surface area contributed by atoms with Crippen molar-refractivity contribution in [1.82, 2.24) is 15.6 Å². The molecule has 1 unspecified atom stereocenters. The lowest BCUT2D eigenvalue weighted by Gasteiger charge is -2.19. The van der Waals surface area contributed by atoms with Gasteiger partial charge in [-0.1, -0.05) is 18.2 Å². The second-order valence-electron chi connectivity index (χ2n) is 4.78. The van der Waals surface area contributed by atoms with Gasteiger partial charge in [-0.05, 0) is 18.6 Å². The summed E-state index contributed by atoms with van der Waals surface area (Å²) >= 11 is 0. The lowest BCUT2D eigenvalue weighted by atomic mass is 9.93. The first kappa shape index (κ1) is 10.8. The number of fused-ring (bicyclic) bond motifs is 1. The number of aromatic amines is 1. The Hall–Kier alpha value is -2.30. The highest BCUT2D eigenvalue weighted by Gasteiger charge is 2.42. The Morgan fingerprint density at radius 1 is 1.22 bits per heavy atom. The van der Waals surface area contributed by atoms with Crippen molar-refractivity contribution >= 4 is 22.8 Å².